The van der Waals surface area contributed by atoms with E-state index in [1.54, 1.807) is 0 Å². The van der Waals surface area contributed by atoms with Gasteiger partial charge < -0.3 is 5.11 Å². The lowest BCUT2D eigenvalue weighted by Crippen LogP contribution is -2.37. The number of carbonyl (C=O) groups is 3. The zero-order valence-electron chi connectivity index (χ0n) is 8.02. The van der Waals surface area contributed by atoms with Crippen LogP contribution in [0.25, 0.3) is 0 Å². The molecule has 0 atom stereocenters. The van der Waals surface area contributed by atoms with Crippen molar-refractivity contribution in [2.24, 2.45) is 5.92 Å². The standard InChI is InChI=1S/C9H13NO4/c1-6(11)10(5-4-8(12)13)9(14)7-2-3-7/h7H,2-5H2,1H3,(H,12,13). The Morgan fingerprint density at radius 1 is 1.36 bits per heavy atom. The van der Waals surface area contributed by atoms with Crippen LogP contribution < -0.4 is 0 Å². The van der Waals surface area contributed by atoms with Gasteiger partial charge in [-0.1, -0.05) is 0 Å². The van der Waals surface area contributed by atoms with Gasteiger partial charge in [0.1, 0.15) is 0 Å². The first-order valence-electron chi connectivity index (χ1n) is 4.56. The Morgan fingerprint density at radius 3 is 2.29 bits per heavy atom. The van der Waals surface area contributed by atoms with E-state index in [1.807, 2.05) is 0 Å². The highest BCUT2D eigenvalue weighted by Crippen LogP contribution is 2.31. The first-order valence-corrected chi connectivity index (χ1v) is 4.56. The largest absolute Gasteiger partial charge is 0.481 e. The molecule has 5 nitrogen and oxygen atoms in total. The fourth-order valence-corrected chi connectivity index (χ4v) is 1.18. The van der Waals surface area contributed by atoms with Gasteiger partial charge >= 0.3 is 5.97 Å². The summed E-state index contributed by atoms with van der Waals surface area (Å²) < 4.78 is 0. The van der Waals surface area contributed by atoms with Crippen molar-refractivity contribution in [3.8, 4) is 0 Å². The fourth-order valence-electron chi connectivity index (χ4n) is 1.18. The SMILES string of the molecule is CC(=O)N(CCC(=O)O)C(=O)C1CC1. The number of imide groups is 1. The summed E-state index contributed by atoms with van der Waals surface area (Å²) in [7, 11) is 0. The zero-order chi connectivity index (χ0) is 10.7. The Balaban J connectivity index is 2.49. The number of amides is 2. The van der Waals surface area contributed by atoms with E-state index in [2.05, 4.69) is 0 Å². The zero-order valence-corrected chi connectivity index (χ0v) is 8.02. The molecule has 0 spiro atoms. The van der Waals surface area contributed by atoms with E-state index in [-0.39, 0.29) is 30.7 Å². The second kappa shape index (κ2) is 4.21. The normalized spacial score (nSPS) is 14.9. The third-order valence-corrected chi connectivity index (χ3v) is 2.12. The molecule has 2 amide bonds. The predicted molar refractivity (Wildman–Crippen MR) is 47.4 cm³/mol. The molecule has 78 valence electrons. The lowest BCUT2D eigenvalue weighted by atomic mass is 10.3. The molecule has 1 rings (SSSR count). The number of carbonyl (C=O) groups excluding carboxylic acids is 2. The first-order chi connectivity index (χ1) is 6.52. The fraction of sp³-hybridized carbons (Fsp3) is 0.667. The van der Waals surface area contributed by atoms with Gasteiger partial charge in [0.25, 0.3) is 0 Å². The van der Waals surface area contributed by atoms with Crippen molar-refractivity contribution in [2.45, 2.75) is 26.2 Å². The molecule has 1 N–H and O–H groups in total. The third kappa shape index (κ3) is 2.83. The summed E-state index contributed by atoms with van der Waals surface area (Å²) >= 11 is 0. The Kier molecular flexibility index (Phi) is 3.22. The predicted octanol–water partition coefficient (Wildman–Crippen LogP) is 0.246. The molecule has 1 saturated carbocycles. The van der Waals surface area contributed by atoms with Crippen LogP contribution in [0.2, 0.25) is 0 Å². The molecule has 0 saturated heterocycles. The molecule has 5 heteroatoms. The van der Waals surface area contributed by atoms with Gasteiger partial charge in [0.2, 0.25) is 11.8 Å². The van der Waals surface area contributed by atoms with Crippen LogP contribution in [0.3, 0.4) is 0 Å². The summed E-state index contributed by atoms with van der Waals surface area (Å²) in [5, 5.41) is 8.43. The highest BCUT2D eigenvalue weighted by molar-refractivity contribution is 5.96. The molecule has 0 bridgehead atoms. The van der Waals surface area contributed by atoms with Crippen molar-refractivity contribution in [3.05, 3.63) is 0 Å². The maximum atomic E-state index is 11.5. The summed E-state index contributed by atoms with van der Waals surface area (Å²) in [6.07, 6.45) is 1.45. The van der Waals surface area contributed by atoms with Crippen molar-refractivity contribution in [2.75, 3.05) is 6.54 Å². The van der Waals surface area contributed by atoms with Gasteiger partial charge in [-0.2, -0.15) is 0 Å². The lowest BCUT2D eigenvalue weighted by Gasteiger charge is -2.17. The number of carboxylic acid groups (broad SMARTS) is 1. The van der Waals surface area contributed by atoms with Crippen LogP contribution in [0.15, 0.2) is 0 Å². The molecule has 0 heterocycles. The summed E-state index contributed by atoms with van der Waals surface area (Å²) in [4.78, 5) is 33.8. The third-order valence-electron chi connectivity index (χ3n) is 2.12. The van der Waals surface area contributed by atoms with E-state index in [1.165, 1.54) is 6.92 Å². The minimum Gasteiger partial charge on any atom is -0.481 e. The number of rotatable bonds is 4. The number of carboxylic acids is 1. The van der Waals surface area contributed by atoms with Crippen molar-refractivity contribution in [1.82, 2.24) is 4.90 Å². The molecule has 14 heavy (non-hydrogen) atoms. The van der Waals surface area contributed by atoms with Crippen LogP contribution in [0.5, 0.6) is 0 Å². The van der Waals surface area contributed by atoms with Crippen molar-refractivity contribution in [3.63, 3.8) is 0 Å². The lowest BCUT2D eigenvalue weighted by molar-refractivity contribution is -0.145. The molecule has 1 aliphatic rings. The number of aliphatic carboxylic acids is 1. The minimum atomic E-state index is -1.00. The van der Waals surface area contributed by atoms with Crippen molar-refractivity contribution >= 4 is 17.8 Å². The van der Waals surface area contributed by atoms with Gasteiger partial charge in [0, 0.05) is 19.4 Å². The number of hydrogen-bond acceptors (Lipinski definition) is 3. The molecule has 0 aromatic rings. The molecule has 0 aromatic heterocycles. The van der Waals surface area contributed by atoms with E-state index < -0.39 is 5.97 Å². The van der Waals surface area contributed by atoms with Crippen molar-refractivity contribution < 1.29 is 19.5 Å². The van der Waals surface area contributed by atoms with Crippen LogP contribution in [-0.4, -0.2) is 34.3 Å². The van der Waals surface area contributed by atoms with E-state index in [0.717, 1.165) is 17.7 Å². The van der Waals surface area contributed by atoms with E-state index in [9.17, 15) is 14.4 Å². The molecule has 0 unspecified atom stereocenters. The summed E-state index contributed by atoms with van der Waals surface area (Å²) in [6, 6.07) is 0. The second-order valence-corrected chi connectivity index (χ2v) is 3.43. The molecule has 1 fully saturated rings. The summed E-state index contributed by atoms with van der Waals surface area (Å²) in [5.41, 5.74) is 0. The molecular formula is C9H13NO4. The molecular weight excluding hydrogens is 186 g/mol. The van der Waals surface area contributed by atoms with Crippen molar-refractivity contribution in [1.29, 1.82) is 0 Å². The molecule has 0 aliphatic heterocycles. The van der Waals surface area contributed by atoms with Gasteiger partial charge in [-0.3, -0.25) is 19.3 Å². The molecule has 0 aromatic carbocycles. The molecule has 0 radical (unpaired) electrons. The van der Waals surface area contributed by atoms with Gasteiger partial charge in [0.05, 0.1) is 6.42 Å². The second-order valence-electron chi connectivity index (χ2n) is 3.43. The maximum absolute atomic E-state index is 11.5. The van der Waals surface area contributed by atoms with Crippen LogP contribution in [-0.2, 0) is 14.4 Å². The van der Waals surface area contributed by atoms with Gasteiger partial charge in [0.15, 0.2) is 0 Å². The monoisotopic (exact) mass is 199 g/mol. The number of nitrogens with zero attached hydrogens (tertiary/aromatic N) is 1. The Morgan fingerprint density at radius 2 is 1.93 bits per heavy atom. The Bertz CT molecular complexity index is 270. The topological polar surface area (TPSA) is 74.7 Å². The van der Waals surface area contributed by atoms with E-state index in [4.69, 9.17) is 5.11 Å². The van der Waals surface area contributed by atoms with Crippen LogP contribution in [0.1, 0.15) is 26.2 Å². The summed E-state index contributed by atoms with van der Waals surface area (Å²) in [5.74, 6) is -1.64. The maximum Gasteiger partial charge on any atom is 0.305 e. The highest BCUT2D eigenvalue weighted by Gasteiger charge is 2.34. The quantitative estimate of drug-likeness (QED) is 0.704. The van der Waals surface area contributed by atoms with Gasteiger partial charge in [-0.25, -0.2) is 0 Å². The van der Waals surface area contributed by atoms with Gasteiger partial charge in [-0.15, -0.1) is 0 Å². The highest BCUT2D eigenvalue weighted by atomic mass is 16.4. The smallest absolute Gasteiger partial charge is 0.305 e. The van der Waals surface area contributed by atoms with Crippen LogP contribution in [0, 0.1) is 5.92 Å². The molecule has 1 aliphatic carbocycles. The van der Waals surface area contributed by atoms with Gasteiger partial charge in [-0.05, 0) is 12.8 Å². The van der Waals surface area contributed by atoms with Crippen LogP contribution in [0.4, 0.5) is 0 Å². The average Bonchev–Trinajstić information content (AvgIpc) is 2.84. The Labute approximate surface area is 81.7 Å². The summed E-state index contributed by atoms with van der Waals surface area (Å²) in [6.45, 7) is 1.27. The minimum absolute atomic E-state index is 0.0139. The van der Waals surface area contributed by atoms with E-state index >= 15 is 0 Å². The van der Waals surface area contributed by atoms with Crippen LogP contribution >= 0.6 is 0 Å². The first kappa shape index (κ1) is 10.7. The average molecular weight is 199 g/mol. The number of hydrogen-bond donors (Lipinski definition) is 1. The Hall–Kier alpha value is -1.39. The van der Waals surface area contributed by atoms with E-state index in [0.29, 0.717) is 0 Å².